The second-order valence-electron chi connectivity index (χ2n) is 5.59. The van der Waals surface area contributed by atoms with Gasteiger partial charge < -0.3 is 15.3 Å². The average Bonchev–Trinajstić information content (AvgIpc) is 2.74. The molecule has 1 aromatic rings. The van der Waals surface area contributed by atoms with Gasteiger partial charge in [-0.05, 0) is 24.9 Å². The van der Waals surface area contributed by atoms with E-state index in [-0.39, 0.29) is 5.91 Å². The Morgan fingerprint density at radius 2 is 2.11 bits per heavy atom. The monoisotopic (exact) mass is 260 g/mol. The fraction of sp³-hybridized carbons (Fsp3) is 0.533. The second kappa shape index (κ2) is 4.94. The molecular weight excluding hydrogens is 240 g/mol. The number of aliphatic hydroxyl groups excluding tert-OH is 1. The first kappa shape index (κ1) is 12.6. The largest absolute Gasteiger partial charge is 0.391 e. The van der Waals surface area contributed by atoms with E-state index in [1.54, 1.807) is 0 Å². The molecule has 2 aliphatic rings. The van der Waals surface area contributed by atoms with Gasteiger partial charge in [-0.25, -0.2) is 0 Å². The zero-order valence-corrected chi connectivity index (χ0v) is 11.0. The maximum Gasteiger partial charge on any atom is 0.231 e. The van der Waals surface area contributed by atoms with Crippen molar-refractivity contribution >= 4 is 5.91 Å². The van der Waals surface area contributed by atoms with E-state index in [0.717, 1.165) is 31.5 Å². The summed E-state index contributed by atoms with van der Waals surface area (Å²) in [5.41, 5.74) is 0.622. The van der Waals surface area contributed by atoms with Crippen molar-refractivity contribution in [3.05, 3.63) is 35.9 Å². The van der Waals surface area contributed by atoms with E-state index in [4.69, 9.17) is 0 Å². The number of carbonyl (C=O) groups is 1. The van der Waals surface area contributed by atoms with Crippen molar-refractivity contribution < 1.29 is 9.90 Å². The van der Waals surface area contributed by atoms with E-state index < -0.39 is 11.5 Å². The molecule has 2 atom stereocenters. The number of hydrogen-bond donors (Lipinski definition) is 2. The lowest BCUT2D eigenvalue weighted by atomic mass is 9.75. The third-order valence-electron chi connectivity index (χ3n) is 4.48. The molecule has 0 bridgehead atoms. The van der Waals surface area contributed by atoms with Gasteiger partial charge in [0.2, 0.25) is 5.91 Å². The average molecular weight is 260 g/mol. The Hall–Kier alpha value is -1.39. The van der Waals surface area contributed by atoms with Crippen molar-refractivity contribution in [2.45, 2.75) is 25.5 Å². The highest BCUT2D eigenvalue weighted by molar-refractivity contribution is 5.85. The van der Waals surface area contributed by atoms with Crippen LogP contribution in [0.15, 0.2) is 30.3 Å². The van der Waals surface area contributed by atoms with Crippen LogP contribution in [0, 0.1) is 5.41 Å². The Bertz CT molecular complexity index is 462. The van der Waals surface area contributed by atoms with Crippen LogP contribution >= 0.6 is 0 Å². The van der Waals surface area contributed by atoms with Crippen LogP contribution in [0.3, 0.4) is 0 Å². The lowest BCUT2D eigenvalue weighted by Crippen LogP contribution is -2.52. The lowest BCUT2D eigenvalue weighted by Gasteiger charge is -2.36. The van der Waals surface area contributed by atoms with E-state index in [1.807, 2.05) is 35.2 Å². The number of aliphatic hydroxyl groups is 1. The van der Waals surface area contributed by atoms with E-state index in [2.05, 4.69) is 5.32 Å². The smallest absolute Gasteiger partial charge is 0.231 e. The first-order valence-corrected chi connectivity index (χ1v) is 6.94. The zero-order chi connectivity index (χ0) is 13.3. The summed E-state index contributed by atoms with van der Waals surface area (Å²) in [5.74, 6) is 0.130. The van der Waals surface area contributed by atoms with Gasteiger partial charge >= 0.3 is 0 Å². The predicted molar refractivity (Wildman–Crippen MR) is 72.4 cm³/mol. The number of benzene rings is 1. The number of piperidine rings is 1. The van der Waals surface area contributed by atoms with Crippen LogP contribution in [-0.2, 0) is 11.3 Å². The SMILES string of the molecule is O=C1N(Cc2ccccc2)CCC12CCNCC2O. The van der Waals surface area contributed by atoms with Gasteiger partial charge in [-0.15, -0.1) is 0 Å². The summed E-state index contributed by atoms with van der Waals surface area (Å²) < 4.78 is 0. The number of rotatable bonds is 2. The molecule has 2 saturated heterocycles. The Balaban J connectivity index is 1.75. The lowest BCUT2D eigenvalue weighted by molar-refractivity contribution is -0.144. The first-order chi connectivity index (χ1) is 9.22. The predicted octanol–water partition coefficient (Wildman–Crippen LogP) is 0.760. The molecule has 2 aliphatic heterocycles. The van der Waals surface area contributed by atoms with Crippen LogP contribution in [-0.4, -0.2) is 41.7 Å². The van der Waals surface area contributed by atoms with Gasteiger partial charge in [0, 0.05) is 19.6 Å². The molecule has 19 heavy (non-hydrogen) atoms. The standard InChI is InChI=1S/C15H20N2O2/c18-13-10-16-8-6-15(13)7-9-17(14(15)19)11-12-4-2-1-3-5-12/h1-5,13,16,18H,6-11H2. The van der Waals surface area contributed by atoms with E-state index >= 15 is 0 Å². The Labute approximate surface area is 113 Å². The van der Waals surface area contributed by atoms with Gasteiger partial charge in [0.05, 0.1) is 11.5 Å². The van der Waals surface area contributed by atoms with Crippen LogP contribution in [0.2, 0.25) is 0 Å². The Morgan fingerprint density at radius 1 is 1.32 bits per heavy atom. The van der Waals surface area contributed by atoms with Gasteiger partial charge in [-0.2, -0.15) is 0 Å². The summed E-state index contributed by atoms with van der Waals surface area (Å²) in [6, 6.07) is 10.0. The number of likely N-dealkylation sites (tertiary alicyclic amines) is 1. The Morgan fingerprint density at radius 3 is 2.84 bits per heavy atom. The normalized spacial score (nSPS) is 31.1. The van der Waals surface area contributed by atoms with Crippen molar-refractivity contribution in [2.75, 3.05) is 19.6 Å². The molecule has 0 radical (unpaired) electrons. The van der Waals surface area contributed by atoms with Crippen molar-refractivity contribution in [1.82, 2.24) is 10.2 Å². The van der Waals surface area contributed by atoms with Gasteiger partial charge in [-0.3, -0.25) is 4.79 Å². The summed E-state index contributed by atoms with van der Waals surface area (Å²) >= 11 is 0. The highest BCUT2D eigenvalue weighted by Crippen LogP contribution is 2.40. The fourth-order valence-electron chi connectivity index (χ4n) is 3.27. The molecule has 4 heteroatoms. The second-order valence-corrected chi connectivity index (χ2v) is 5.59. The number of nitrogens with zero attached hydrogens (tertiary/aromatic N) is 1. The summed E-state index contributed by atoms with van der Waals surface area (Å²) in [4.78, 5) is 14.5. The summed E-state index contributed by atoms with van der Waals surface area (Å²) in [6.07, 6.45) is 0.981. The molecule has 1 amide bonds. The minimum atomic E-state index is -0.547. The number of nitrogens with one attached hydrogen (secondary N) is 1. The number of β-amino-alcohol motifs (C(OH)–C–C–N with tert-alkyl or cyclic N) is 1. The molecule has 0 aromatic heterocycles. The van der Waals surface area contributed by atoms with E-state index in [1.165, 1.54) is 0 Å². The van der Waals surface area contributed by atoms with Gasteiger partial charge in [-0.1, -0.05) is 30.3 Å². The molecular formula is C15H20N2O2. The number of hydrogen-bond acceptors (Lipinski definition) is 3. The minimum absolute atomic E-state index is 0.130. The van der Waals surface area contributed by atoms with Crippen molar-refractivity contribution in [2.24, 2.45) is 5.41 Å². The van der Waals surface area contributed by atoms with Gasteiger partial charge in [0.1, 0.15) is 0 Å². The third-order valence-corrected chi connectivity index (χ3v) is 4.48. The maximum absolute atomic E-state index is 12.6. The highest BCUT2D eigenvalue weighted by atomic mass is 16.3. The van der Waals surface area contributed by atoms with Crippen molar-refractivity contribution in [1.29, 1.82) is 0 Å². The molecule has 102 valence electrons. The van der Waals surface area contributed by atoms with Crippen molar-refractivity contribution in [3.8, 4) is 0 Å². The van der Waals surface area contributed by atoms with E-state index in [9.17, 15) is 9.90 Å². The number of amides is 1. The van der Waals surface area contributed by atoms with Crippen LogP contribution in [0.1, 0.15) is 18.4 Å². The molecule has 2 unspecified atom stereocenters. The molecule has 2 heterocycles. The summed E-state index contributed by atoms with van der Waals surface area (Å²) in [6.45, 7) is 2.76. The van der Waals surface area contributed by atoms with Crippen LogP contribution in [0.4, 0.5) is 0 Å². The van der Waals surface area contributed by atoms with Crippen LogP contribution in [0.5, 0.6) is 0 Å². The molecule has 3 rings (SSSR count). The van der Waals surface area contributed by atoms with E-state index in [0.29, 0.717) is 13.1 Å². The van der Waals surface area contributed by atoms with Gasteiger partial charge in [0.15, 0.2) is 0 Å². The molecule has 4 nitrogen and oxygen atoms in total. The zero-order valence-electron chi connectivity index (χ0n) is 11.0. The topological polar surface area (TPSA) is 52.6 Å². The molecule has 1 aromatic carbocycles. The van der Waals surface area contributed by atoms with Crippen LogP contribution < -0.4 is 5.32 Å². The maximum atomic E-state index is 12.6. The van der Waals surface area contributed by atoms with Crippen molar-refractivity contribution in [3.63, 3.8) is 0 Å². The first-order valence-electron chi connectivity index (χ1n) is 6.94. The summed E-state index contributed by atoms with van der Waals surface area (Å²) in [5, 5.41) is 13.4. The summed E-state index contributed by atoms with van der Waals surface area (Å²) in [7, 11) is 0. The fourth-order valence-corrected chi connectivity index (χ4v) is 3.27. The molecule has 0 aliphatic carbocycles. The Kier molecular flexibility index (Phi) is 3.29. The molecule has 2 fully saturated rings. The molecule has 1 spiro atoms. The van der Waals surface area contributed by atoms with Gasteiger partial charge in [0.25, 0.3) is 0 Å². The minimum Gasteiger partial charge on any atom is -0.391 e. The molecule has 0 saturated carbocycles. The highest BCUT2D eigenvalue weighted by Gasteiger charge is 2.52. The quantitative estimate of drug-likeness (QED) is 0.825. The number of carbonyl (C=O) groups excluding carboxylic acids is 1. The molecule has 2 N–H and O–H groups in total. The third kappa shape index (κ3) is 2.15. The van der Waals surface area contributed by atoms with Crippen LogP contribution in [0.25, 0.3) is 0 Å².